The third kappa shape index (κ3) is 3.66. The van der Waals surface area contributed by atoms with Crippen molar-refractivity contribution >= 4 is 5.65 Å². The number of fused-ring (bicyclic) bond motifs is 1. The molecule has 0 aliphatic rings. The van der Waals surface area contributed by atoms with Gasteiger partial charge in [0, 0.05) is 29.9 Å². The molecule has 0 atom stereocenters. The topological polar surface area (TPSA) is 84.6 Å². The number of H-pyrrole nitrogens is 1. The minimum absolute atomic E-state index is 0.0621. The molecule has 1 N–H and O–H groups in total. The van der Waals surface area contributed by atoms with Crippen LogP contribution in [0.25, 0.3) is 28.2 Å². The standard InChI is InChI=1S/C22H14F5N7/c23-21(24,22(25,26)27)18-17(20-28-10-3-11-34(20)31-18)12-13-6-8-14(9-7-13)15-4-1-2-5-16(15)19-29-32-33-30-19/h1-11H,12H2,(H,29,30,32,33). The van der Waals surface area contributed by atoms with Crippen LogP contribution in [0.1, 0.15) is 16.8 Å². The van der Waals surface area contributed by atoms with Crippen LogP contribution in [0.5, 0.6) is 0 Å². The molecule has 2 aromatic carbocycles. The van der Waals surface area contributed by atoms with Crippen molar-refractivity contribution in [2.45, 2.75) is 18.5 Å². The molecule has 0 unspecified atom stereocenters. The van der Waals surface area contributed by atoms with Gasteiger partial charge in [0.2, 0.25) is 5.82 Å². The van der Waals surface area contributed by atoms with Crippen molar-refractivity contribution < 1.29 is 22.0 Å². The smallest absolute Gasteiger partial charge is 0.237 e. The molecule has 34 heavy (non-hydrogen) atoms. The maximum atomic E-state index is 14.3. The zero-order valence-electron chi connectivity index (χ0n) is 17.1. The van der Waals surface area contributed by atoms with Gasteiger partial charge in [-0.15, -0.1) is 10.2 Å². The van der Waals surface area contributed by atoms with E-state index in [1.165, 1.54) is 18.5 Å². The number of nitrogens with one attached hydrogen (secondary N) is 1. The molecule has 0 saturated carbocycles. The Morgan fingerprint density at radius 1 is 0.882 bits per heavy atom. The summed E-state index contributed by atoms with van der Waals surface area (Å²) in [6, 6.07) is 15.5. The second-order valence-electron chi connectivity index (χ2n) is 7.44. The summed E-state index contributed by atoms with van der Waals surface area (Å²) in [5, 5.41) is 17.5. The Morgan fingerprint density at radius 2 is 1.62 bits per heavy atom. The Kier molecular flexibility index (Phi) is 5.07. The van der Waals surface area contributed by atoms with E-state index in [4.69, 9.17) is 0 Å². The molecule has 0 radical (unpaired) electrons. The lowest BCUT2D eigenvalue weighted by molar-refractivity contribution is -0.291. The highest BCUT2D eigenvalue weighted by Gasteiger charge is 2.61. The normalized spacial score (nSPS) is 12.4. The van der Waals surface area contributed by atoms with Crippen LogP contribution >= 0.6 is 0 Å². The number of benzene rings is 2. The van der Waals surface area contributed by atoms with Gasteiger partial charge in [-0.05, 0) is 28.0 Å². The van der Waals surface area contributed by atoms with Crippen molar-refractivity contribution in [1.29, 1.82) is 0 Å². The van der Waals surface area contributed by atoms with Gasteiger partial charge in [0.25, 0.3) is 0 Å². The Labute approximate surface area is 188 Å². The van der Waals surface area contributed by atoms with Gasteiger partial charge in [0.15, 0.2) is 5.65 Å². The number of aromatic amines is 1. The average molecular weight is 471 g/mol. The van der Waals surface area contributed by atoms with E-state index in [0.717, 1.165) is 21.2 Å². The number of hydrogen-bond donors (Lipinski definition) is 1. The molecule has 7 nitrogen and oxygen atoms in total. The third-order valence-electron chi connectivity index (χ3n) is 5.30. The Morgan fingerprint density at radius 3 is 2.29 bits per heavy atom. The first-order chi connectivity index (χ1) is 16.3. The monoisotopic (exact) mass is 471 g/mol. The molecule has 0 spiro atoms. The number of halogens is 5. The molecule has 5 aromatic rings. The second-order valence-corrected chi connectivity index (χ2v) is 7.44. The van der Waals surface area contributed by atoms with Crippen molar-refractivity contribution in [3.8, 4) is 22.5 Å². The largest absolute Gasteiger partial charge is 0.459 e. The van der Waals surface area contributed by atoms with Gasteiger partial charge in [0.05, 0.1) is 0 Å². The van der Waals surface area contributed by atoms with Gasteiger partial charge in [0.1, 0.15) is 5.69 Å². The summed E-state index contributed by atoms with van der Waals surface area (Å²) < 4.78 is 68.9. The van der Waals surface area contributed by atoms with E-state index in [1.807, 2.05) is 24.3 Å². The Bertz CT molecular complexity index is 1440. The number of hydrogen-bond acceptors (Lipinski definition) is 5. The first-order valence-corrected chi connectivity index (χ1v) is 9.95. The van der Waals surface area contributed by atoms with E-state index >= 15 is 0 Å². The van der Waals surface area contributed by atoms with Gasteiger partial charge in [-0.25, -0.2) is 9.50 Å². The first-order valence-electron chi connectivity index (χ1n) is 9.95. The third-order valence-corrected chi connectivity index (χ3v) is 5.30. The van der Waals surface area contributed by atoms with E-state index in [0.29, 0.717) is 11.4 Å². The van der Waals surface area contributed by atoms with Crippen molar-refractivity contribution in [3.63, 3.8) is 0 Å². The minimum atomic E-state index is -5.79. The predicted molar refractivity (Wildman–Crippen MR) is 111 cm³/mol. The van der Waals surface area contributed by atoms with E-state index in [1.54, 1.807) is 24.3 Å². The SMILES string of the molecule is FC(F)(F)C(F)(F)c1nn2cccnc2c1Cc1ccc(-c2ccccc2-c2nn[nH]n2)cc1. The van der Waals surface area contributed by atoms with Crippen molar-refractivity contribution in [3.05, 3.63) is 83.8 Å². The summed E-state index contributed by atoms with van der Waals surface area (Å²) in [6.45, 7) is 0. The summed E-state index contributed by atoms with van der Waals surface area (Å²) in [7, 11) is 0. The molecule has 3 aromatic heterocycles. The fraction of sp³-hybridized carbons (Fsp3) is 0.136. The zero-order valence-corrected chi connectivity index (χ0v) is 17.1. The highest BCUT2D eigenvalue weighted by molar-refractivity contribution is 5.80. The number of aromatic nitrogens is 7. The van der Waals surface area contributed by atoms with Gasteiger partial charge >= 0.3 is 12.1 Å². The molecule has 0 amide bonds. The summed E-state index contributed by atoms with van der Waals surface area (Å²) in [4.78, 5) is 3.98. The van der Waals surface area contributed by atoms with Crippen LogP contribution < -0.4 is 0 Å². The van der Waals surface area contributed by atoms with Crippen molar-refractivity contribution in [1.82, 2.24) is 35.2 Å². The lowest BCUT2D eigenvalue weighted by atomic mass is 9.96. The molecule has 0 aliphatic heterocycles. The summed E-state index contributed by atoms with van der Waals surface area (Å²) in [6.07, 6.45) is -3.41. The van der Waals surface area contributed by atoms with Crippen LogP contribution in [-0.4, -0.2) is 41.4 Å². The predicted octanol–water partition coefficient (Wildman–Crippen LogP) is 4.82. The molecule has 12 heteroatoms. The average Bonchev–Trinajstić information content (AvgIpc) is 3.48. The van der Waals surface area contributed by atoms with Crippen molar-refractivity contribution in [2.75, 3.05) is 0 Å². The molecule has 3 heterocycles. The second kappa shape index (κ2) is 7.97. The lowest BCUT2D eigenvalue weighted by Crippen LogP contribution is -2.35. The fourth-order valence-electron chi connectivity index (χ4n) is 3.70. The van der Waals surface area contributed by atoms with Crippen LogP contribution in [0.3, 0.4) is 0 Å². The molecular formula is C22H14F5N7. The minimum Gasteiger partial charge on any atom is -0.237 e. The number of rotatable bonds is 5. The van der Waals surface area contributed by atoms with E-state index < -0.39 is 17.8 Å². The van der Waals surface area contributed by atoms with Crippen LogP contribution in [0.15, 0.2) is 67.0 Å². The lowest BCUT2D eigenvalue weighted by Gasteiger charge is -2.18. The molecule has 0 bridgehead atoms. The maximum absolute atomic E-state index is 14.3. The summed E-state index contributed by atoms with van der Waals surface area (Å²) >= 11 is 0. The van der Waals surface area contributed by atoms with Crippen LogP contribution in [0, 0.1) is 0 Å². The molecule has 0 saturated heterocycles. The van der Waals surface area contributed by atoms with E-state index in [-0.39, 0.29) is 17.6 Å². The van der Waals surface area contributed by atoms with Gasteiger partial charge in [-0.3, -0.25) is 0 Å². The maximum Gasteiger partial charge on any atom is 0.459 e. The number of tetrazole rings is 1. The molecule has 172 valence electrons. The van der Waals surface area contributed by atoms with Crippen LogP contribution in [-0.2, 0) is 12.3 Å². The molecule has 0 aliphatic carbocycles. The quantitative estimate of drug-likeness (QED) is 0.372. The van der Waals surface area contributed by atoms with E-state index in [9.17, 15) is 22.0 Å². The summed E-state index contributed by atoms with van der Waals surface area (Å²) in [5.41, 5.74) is 1.12. The highest BCUT2D eigenvalue weighted by Crippen LogP contribution is 2.45. The Balaban J connectivity index is 1.53. The molecular weight excluding hydrogens is 457 g/mol. The van der Waals surface area contributed by atoms with Gasteiger partial charge in [-0.2, -0.15) is 32.3 Å². The number of alkyl halides is 5. The highest BCUT2D eigenvalue weighted by atomic mass is 19.4. The van der Waals surface area contributed by atoms with Crippen molar-refractivity contribution in [2.24, 2.45) is 0 Å². The number of nitrogens with zero attached hydrogens (tertiary/aromatic N) is 6. The Hall–Kier alpha value is -4.22. The summed E-state index contributed by atoms with van der Waals surface area (Å²) in [5.74, 6) is -4.73. The van der Waals surface area contributed by atoms with Crippen LogP contribution in [0.2, 0.25) is 0 Å². The molecule has 0 fully saturated rings. The molecule has 5 rings (SSSR count). The van der Waals surface area contributed by atoms with Gasteiger partial charge in [-0.1, -0.05) is 48.5 Å². The zero-order chi connectivity index (χ0) is 23.9. The van der Waals surface area contributed by atoms with Gasteiger partial charge < -0.3 is 0 Å². The van der Waals surface area contributed by atoms with Crippen LogP contribution in [0.4, 0.5) is 22.0 Å². The van der Waals surface area contributed by atoms with E-state index in [2.05, 4.69) is 30.7 Å². The first kappa shape index (κ1) is 21.6. The fourth-order valence-corrected chi connectivity index (χ4v) is 3.70.